The first-order valence-corrected chi connectivity index (χ1v) is 17.1. The molecule has 6 rings (SSSR count). The molecule has 1 amide bonds. The summed E-state index contributed by atoms with van der Waals surface area (Å²) in [6, 6.07) is 21.3. The predicted octanol–water partition coefficient (Wildman–Crippen LogP) is 7.97. The van der Waals surface area contributed by atoms with Crippen molar-refractivity contribution in [3.63, 3.8) is 0 Å². The zero-order valence-electron chi connectivity index (χ0n) is 28.5. The minimum atomic E-state index is -4.41. The quantitative estimate of drug-likeness (QED) is 0.139. The van der Waals surface area contributed by atoms with Crippen molar-refractivity contribution in [3.05, 3.63) is 135 Å². The maximum Gasteiger partial charge on any atom is 0.416 e. The summed E-state index contributed by atoms with van der Waals surface area (Å²) in [7, 11) is 0. The van der Waals surface area contributed by atoms with Crippen molar-refractivity contribution in [2.45, 2.75) is 64.8 Å². The number of hydrogen-bond acceptors (Lipinski definition) is 4. The molecule has 0 aliphatic carbocycles. The van der Waals surface area contributed by atoms with Gasteiger partial charge in [-0.25, -0.2) is 13.8 Å². The highest BCUT2D eigenvalue weighted by Crippen LogP contribution is 2.31. The van der Waals surface area contributed by atoms with E-state index in [2.05, 4.69) is 16.8 Å². The standard InChI is InChI=1S/C40H39F5N4O2/c1-3-47-21-19-32(20-22-47)48(24-27-8-10-28(11-9-27)29-12-15-31(16-13-29)40(43,44)45)37(51)25-49-33(17-14-30-5-4-6-35(41)38(30)42)23-36(50)34-18-7-26(2)46-39(34)49/h4-13,15-16,18,23,32H,3,14,17,19-22,24-25H2,1-2H3. The molecule has 3 aromatic carbocycles. The third-order valence-electron chi connectivity index (χ3n) is 9.77. The average Bonchev–Trinajstić information content (AvgIpc) is 3.12. The summed E-state index contributed by atoms with van der Waals surface area (Å²) >= 11 is 0. The molecule has 11 heteroatoms. The molecule has 1 fully saturated rings. The van der Waals surface area contributed by atoms with Crippen molar-refractivity contribution in [3.8, 4) is 11.1 Å². The van der Waals surface area contributed by atoms with Crippen LogP contribution in [0.3, 0.4) is 0 Å². The largest absolute Gasteiger partial charge is 0.416 e. The molecule has 266 valence electrons. The number of pyridine rings is 2. The Morgan fingerprint density at radius 2 is 1.57 bits per heavy atom. The van der Waals surface area contributed by atoms with E-state index in [4.69, 9.17) is 0 Å². The van der Waals surface area contributed by atoms with Gasteiger partial charge in [0.1, 0.15) is 12.2 Å². The highest BCUT2D eigenvalue weighted by Gasteiger charge is 2.31. The number of rotatable bonds is 10. The molecule has 0 radical (unpaired) electrons. The fourth-order valence-corrected chi connectivity index (χ4v) is 6.82. The summed E-state index contributed by atoms with van der Waals surface area (Å²) in [6.45, 7) is 6.68. The van der Waals surface area contributed by atoms with Crippen molar-refractivity contribution in [1.29, 1.82) is 0 Å². The number of aryl methyl sites for hydroxylation is 3. The number of benzene rings is 3. The Bertz CT molecular complexity index is 2070. The minimum Gasteiger partial charge on any atom is -0.334 e. The molecule has 51 heavy (non-hydrogen) atoms. The van der Waals surface area contributed by atoms with Crippen LogP contribution in [0, 0.1) is 18.6 Å². The van der Waals surface area contributed by atoms with Gasteiger partial charge in [0.25, 0.3) is 0 Å². The third kappa shape index (κ3) is 8.20. The van der Waals surface area contributed by atoms with Crippen LogP contribution >= 0.6 is 0 Å². The highest BCUT2D eigenvalue weighted by molar-refractivity contribution is 5.81. The molecule has 0 unspecified atom stereocenters. The van der Waals surface area contributed by atoms with Crippen molar-refractivity contribution >= 4 is 16.9 Å². The average molecular weight is 703 g/mol. The Hall–Kier alpha value is -4.90. The van der Waals surface area contributed by atoms with E-state index >= 15 is 0 Å². The summed E-state index contributed by atoms with van der Waals surface area (Å²) in [4.78, 5) is 36.6. The fourth-order valence-electron chi connectivity index (χ4n) is 6.82. The zero-order valence-corrected chi connectivity index (χ0v) is 28.5. The lowest BCUT2D eigenvalue weighted by Gasteiger charge is -2.38. The Labute approximate surface area is 293 Å². The number of hydrogen-bond donors (Lipinski definition) is 0. The van der Waals surface area contributed by atoms with Crippen LogP contribution in [-0.4, -0.2) is 50.9 Å². The molecule has 0 saturated carbocycles. The van der Waals surface area contributed by atoms with Gasteiger partial charge in [-0.05, 0) is 91.7 Å². The molecule has 1 saturated heterocycles. The van der Waals surface area contributed by atoms with Gasteiger partial charge in [0.15, 0.2) is 17.1 Å². The molecule has 1 aliphatic rings. The SMILES string of the molecule is CCN1CCC(N(Cc2ccc(-c3ccc(C(F)(F)F)cc3)cc2)C(=O)Cn2c(CCc3cccc(F)c3F)cc(=O)c3ccc(C)nc32)CC1. The van der Waals surface area contributed by atoms with Crippen LogP contribution in [0.5, 0.6) is 0 Å². The number of carbonyl (C=O) groups excluding carboxylic acids is 1. The lowest BCUT2D eigenvalue weighted by atomic mass is 10.00. The smallest absolute Gasteiger partial charge is 0.334 e. The summed E-state index contributed by atoms with van der Waals surface area (Å²) < 4.78 is 69.6. The number of aromatic nitrogens is 2. The Morgan fingerprint density at radius 3 is 2.22 bits per heavy atom. The van der Waals surface area contributed by atoms with E-state index in [1.807, 2.05) is 29.2 Å². The van der Waals surface area contributed by atoms with E-state index in [0.29, 0.717) is 34.5 Å². The van der Waals surface area contributed by atoms with Gasteiger partial charge in [-0.3, -0.25) is 9.59 Å². The lowest BCUT2D eigenvalue weighted by Crippen LogP contribution is -2.48. The molecule has 2 aromatic heterocycles. The zero-order chi connectivity index (χ0) is 36.3. The normalized spacial score (nSPS) is 14.3. The first-order valence-electron chi connectivity index (χ1n) is 17.1. The number of likely N-dealkylation sites (tertiary alicyclic amines) is 1. The minimum absolute atomic E-state index is 0.0555. The number of carbonyl (C=O) groups is 1. The second kappa shape index (κ2) is 15.1. The van der Waals surface area contributed by atoms with Gasteiger partial charge in [-0.1, -0.05) is 55.5 Å². The third-order valence-corrected chi connectivity index (χ3v) is 9.77. The monoisotopic (exact) mass is 702 g/mol. The van der Waals surface area contributed by atoms with Crippen molar-refractivity contribution < 1.29 is 26.7 Å². The summed E-state index contributed by atoms with van der Waals surface area (Å²) in [5.41, 5.74) is 2.95. The van der Waals surface area contributed by atoms with Crippen molar-refractivity contribution in [2.75, 3.05) is 19.6 Å². The Balaban J connectivity index is 1.31. The van der Waals surface area contributed by atoms with Gasteiger partial charge in [0.05, 0.1) is 10.9 Å². The number of alkyl halides is 3. The molecule has 0 N–H and O–H groups in total. The second-order valence-electron chi connectivity index (χ2n) is 13.1. The number of piperidine rings is 1. The van der Waals surface area contributed by atoms with E-state index in [9.17, 15) is 31.5 Å². The Kier molecular flexibility index (Phi) is 10.7. The van der Waals surface area contributed by atoms with Gasteiger partial charge >= 0.3 is 6.18 Å². The number of nitrogens with zero attached hydrogens (tertiary/aromatic N) is 4. The van der Waals surface area contributed by atoms with E-state index in [0.717, 1.165) is 61.8 Å². The summed E-state index contributed by atoms with van der Waals surface area (Å²) in [5, 5.41) is 0.357. The number of amides is 1. The summed E-state index contributed by atoms with van der Waals surface area (Å²) in [5.74, 6) is -2.07. The van der Waals surface area contributed by atoms with Crippen LogP contribution in [0.25, 0.3) is 22.2 Å². The fraction of sp³-hybridized carbons (Fsp3) is 0.325. The first kappa shape index (κ1) is 35.9. The molecular weight excluding hydrogens is 663 g/mol. The number of halogens is 5. The van der Waals surface area contributed by atoms with Crippen LogP contribution < -0.4 is 5.43 Å². The number of fused-ring (bicyclic) bond motifs is 1. The second-order valence-corrected chi connectivity index (χ2v) is 13.1. The molecule has 3 heterocycles. The van der Waals surface area contributed by atoms with Crippen LogP contribution in [-0.2, 0) is 36.9 Å². The van der Waals surface area contributed by atoms with Gasteiger partial charge in [-0.2, -0.15) is 13.2 Å². The maximum absolute atomic E-state index is 14.6. The molecule has 0 spiro atoms. The van der Waals surface area contributed by atoms with E-state index in [1.165, 1.54) is 30.3 Å². The lowest BCUT2D eigenvalue weighted by molar-refractivity contribution is -0.137. The van der Waals surface area contributed by atoms with Crippen molar-refractivity contribution in [2.24, 2.45) is 0 Å². The Morgan fingerprint density at radius 1 is 0.902 bits per heavy atom. The topological polar surface area (TPSA) is 58.4 Å². The molecule has 0 atom stereocenters. The van der Waals surface area contributed by atoms with Crippen LogP contribution in [0.15, 0.2) is 89.7 Å². The van der Waals surface area contributed by atoms with Gasteiger partial charge < -0.3 is 14.4 Å². The predicted molar refractivity (Wildman–Crippen MR) is 187 cm³/mol. The summed E-state index contributed by atoms with van der Waals surface area (Å²) in [6.07, 6.45) is -2.58. The molecule has 0 bridgehead atoms. The van der Waals surface area contributed by atoms with Gasteiger partial charge in [0.2, 0.25) is 5.91 Å². The van der Waals surface area contributed by atoms with E-state index < -0.39 is 23.4 Å². The highest BCUT2D eigenvalue weighted by atomic mass is 19.4. The van der Waals surface area contributed by atoms with E-state index in [-0.39, 0.29) is 42.3 Å². The molecule has 1 aliphatic heterocycles. The maximum atomic E-state index is 14.6. The van der Waals surface area contributed by atoms with Gasteiger partial charge in [-0.15, -0.1) is 0 Å². The van der Waals surface area contributed by atoms with Crippen LogP contribution in [0.1, 0.15) is 47.8 Å². The van der Waals surface area contributed by atoms with Crippen LogP contribution in [0.2, 0.25) is 0 Å². The molecular formula is C40H39F5N4O2. The molecule has 5 aromatic rings. The van der Waals surface area contributed by atoms with Gasteiger partial charge in [0, 0.05) is 43.1 Å². The molecule has 6 nitrogen and oxygen atoms in total. The van der Waals surface area contributed by atoms with E-state index in [1.54, 1.807) is 23.6 Å². The van der Waals surface area contributed by atoms with Crippen LogP contribution in [0.4, 0.5) is 22.0 Å². The van der Waals surface area contributed by atoms with Crippen molar-refractivity contribution in [1.82, 2.24) is 19.4 Å². The first-order chi connectivity index (χ1) is 24.4.